The molecular formula is C50H46N4O3S. The number of nitriles is 3. The van der Waals surface area contributed by atoms with Crippen LogP contribution in [-0.2, 0) is 16.9 Å². The molecule has 0 radical (unpaired) electrons. The predicted molar refractivity (Wildman–Crippen MR) is 234 cm³/mol. The molecule has 7 nitrogen and oxygen atoms in total. The summed E-state index contributed by atoms with van der Waals surface area (Å²) in [7, 11) is 0. The number of hydrogen-bond acceptors (Lipinski definition) is 8. The van der Waals surface area contributed by atoms with Crippen LogP contribution in [0.25, 0.3) is 29.4 Å². The van der Waals surface area contributed by atoms with Crippen LogP contribution < -0.4 is 9.64 Å². The second-order valence-electron chi connectivity index (χ2n) is 14.1. The van der Waals surface area contributed by atoms with E-state index in [0.29, 0.717) is 12.2 Å². The van der Waals surface area contributed by atoms with Gasteiger partial charge in [0.2, 0.25) is 0 Å². The van der Waals surface area contributed by atoms with E-state index < -0.39 is 5.60 Å². The molecule has 6 rings (SSSR count). The Hall–Kier alpha value is -6.63. The lowest BCUT2D eigenvalue weighted by molar-refractivity contribution is 0.0756. The third-order valence-corrected chi connectivity index (χ3v) is 11.1. The SMILES string of the molecule is CCCCN(CCCCO)c1ccc(/C=C/c2ccc(/C=C/C3=C(C#N)C(=C(C#N)C#N)OC3(C)c3ccc(-c4ccccc4)cc3)s2)c(OCc2ccccc2)c1. The van der Waals surface area contributed by atoms with Crippen molar-refractivity contribution in [2.75, 3.05) is 24.6 Å². The van der Waals surface area contributed by atoms with E-state index in [1.165, 1.54) is 0 Å². The highest BCUT2D eigenvalue weighted by atomic mass is 32.1. The van der Waals surface area contributed by atoms with Crippen LogP contribution in [0.1, 0.15) is 66.0 Å². The average Bonchev–Trinajstić information content (AvgIpc) is 3.85. The number of rotatable bonds is 17. The topological polar surface area (TPSA) is 113 Å². The molecule has 1 aromatic heterocycles. The molecule has 290 valence electrons. The molecule has 0 amide bonds. The third-order valence-electron chi connectivity index (χ3n) is 10.1. The Labute approximate surface area is 346 Å². The van der Waals surface area contributed by atoms with Crippen LogP contribution in [-0.4, -0.2) is 24.8 Å². The highest BCUT2D eigenvalue weighted by Gasteiger charge is 2.43. The molecule has 0 aliphatic carbocycles. The van der Waals surface area contributed by atoms with E-state index in [0.717, 1.165) is 87.8 Å². The van der Waals surface area contributed by atoms with Crippen molar-refractivity contribution in [1.82, 2.24) is 0 Å². The fourth-order valence-corrected chi connectivity index (χ4v) is 7.71. The van der Waals surface area contributed by atoms with E-state index in [9.17, 15) is 20.9 Å². The summed E-state index contributed by atoms with van der Waals surface area (Å²) in [4.78, 5) is 4.36. The molecule has 0 saturated heterocycles. The van der Waals surface area contributed by atoms with Crippen molar-refractivity contribution < 1.29 is 14.6 Å². The van der Waals surface area contributed by atoms with Gasteiger partial charge in [-0.1, -0.05) is 104 Å². The van der Waals surface area contributed by atoms with Crippen LogP contribution in [0.4, 0.5) is 5.69 Å². The van der Waals surface area contributed by atoms with Gasteiger partial charge in [-0.15, -0.1) is 11.3 Å². The van der Waals surface area contributed by atoms with Gasteiger partial charge in [0, 0.05) is 52.3 Å². The molecule has 8 heteroatoms. The minimum absolute atomic E-state index is 0.00784. The minimum Gasteiger partial charge on any atom is -0.488 e. The molecule has 1 aliphatic rings. The maximum atomic E-state index is 10.4. The van der Waals surface area contributed by atoms with Gasteiger partial charge in [-0.05, 0) is 90.9 Å². The second kappa shape index (κ2) is 20.0. The van der Waals surface area contributed by atoms with E-state index in [1.54, 1.807) is 11.3 Å². The van der Waals surface area contributed by atoms with Crippen LogP contribution in [0.15, 0.2) is 144 Å². The summed E-state index contributed by atoms with van der Waals surface area (Å²) < 4.78 is 12.9. The van der Waals surface area contributed by atoms with Crippen LogP contribution in [0.3, 0.4) is 0 Å². The number of benzene rings is 4. The standard InChI is InChI=1S/C50H46N4O3S/c1-3-4-29-54(30-11-12-31-55)43-23-19-40(48(32-43)56-36-37-13-7-5-8-14-37)20-24-44-25-26-45(58-44)27-28-47-46(35-53)49(41(33-51)34-52)57-50(47,2)42-21-17-39(18-22-42)38-15-9-6-10-16-38/h5-10,13-28,32,55H,3-4,11-12,29-31,36H2,1-2H3/b24-20+,28-27+. The Morgan fingerprint density at radius 1 is 0.776 bits per heavy atom. The zero-order valence-corrected chi connectivity index (χ0v) is 33.7. The number of hydrogen-bond donors (Lipinski definition) is 1. The van der Waals surface area contributed by atoms with Gasteiger partial charge in [0.1, 0.15) is 36.1 Å². The molecule has 1 unspecified atom stereocenters. The van der Waals surface area contributed by atoms with Gasteiger partial charge >= 0.3 is 0 Å². The second-order valence-corrected chi connectivity index (χ2v) is 15.2. The van der Waals surface area contributed by atoms with E-state index in [1.807, 2.05) is 116 Å². The molecule has 0 spiro atoms. The molecule has 1 atom stereocenters. The first-order valence-corrected chi connectivity index (χ1v) is 20.4. The summed E-state index contributed by atoms with van der Waals surface area (Å²) in [6.07, 6.45) is 11.8. The quantitative estimate of drug-likeness (QED) is 0.0738. The summed E-state index contributed by atoms with van der Waals surface area (Å²) >= 11 is 1.59. The largest absolute Gasteiger partial charge is 0.488 e. The van der Waals surface area contributed by atoms with Gasteiger partial charge in [-0.2, -0.15) is 15.8 Å². The number of nitrogens with zero attached hydrogens (tertiary/aromatic N) is 4. The van der Waals surface area contributed by atoms with Crippen molar-refractivity contribution >= 4 is 35.3 Å². The minimum atomic E-state index is -1.13. The zero-order chi connectivity index (χ0) is 40.7. The molecule has 1 aliphatic heterocycles. The Morgan fingerprint density at radius 3 is 2.09 bits per heavy atom. The zero-order valence-electron chi connectivity index (χ0n) is 32.9. The Balaban J connectivity index is 1.28. The predicted octanol–water partition coefficient (Wildman–Crippen LogP) is 11.6. The van der Waals surface area contributed by atoms with Gasteiger partial charge in [0.25, 0.3) is 0 Å². The van der Waals surface area contributed by atoms with Crippen molar-refractivity contribution in [3.8, 4) is 35.1 Å². The first-order chi connectivity index (χ1) is 28.4. The lowest BCUT2D eigenvalue weighted by Crippen LogP contribution is -2.25. The number of aliphatic hydroxyl groups is 1. The van der Waals surface area contributed by atoms with Crippen molar-refractivity contribution in [2.24, 2.45) is 0 Å². The summed E-state index contributed by atoms with van der Waals surface area (Å²) in [5, 5.41) is 39.3. The van der Waals surface area contributed by atoms with Crippen molar-refractivity contribution in [1.29, 1.82) is 15.8 Å². The molecule has 1 N–H and O–H groups in total. The average molecular weight is 783 g/mol. The van der Waals surface area contributed by atoms with E-state index >= 15 is 0 Å². The molecule has 4 aromatic carbocycles. The Morgan fingerprint density at radius 2 is 1.43 bits per heavy atom. The summed E-state index contributed by atoms with van der Waals surface area (Å²) in [6.45, 7) is 6.51. The van der Waals surface area contributed by atoms with Crippen LogP contribution in [0.2, 0.25) is 0 Å². The lowest BCUT2D eigenvalue weighted by atomic mass is 9.85. The van der Waals surface area contributed by atoms with E-state index in [-0.39, 0.29) is 23.5 Å². The highest BCUT2D eigenvalue weighted by molar-refractivity contribution is 7.13. The molecule has 0 fully saturated rings. The number of allylic oxidation sites excluding steroid dienone is 2. The molecule has 0 saturated carbocycles. The fourth-order valence-electron chi connectivity index (χ4n) is 6.89. The molecule has 5 aromatic rings. The van der Waals surface area contributed by atoms with Crippen LogP contribution in [0.5, 0.6) is 5.75 Å². The maximum Gasteiger partial charge on any atom is 0.172 e. The number of ether oxygens (including phenoxy) is 2. The first-order valence-electron chi connectivity index (χ1n) is 19.6. The van der Waals surface area contributed by atoms with Gasteiger partial charge in [0.15, 0.2) is 16.9 Å². The Bertz CT molecular complexity index is 2410. The third kappa shape index (κ3) is 9.84. The highest BCUT2D eigenvalue weighted by Crippen LogP contribution is 2.47. The number of aliphatic hydroxyl groups excluding tert-OH is 1. The van der Waals surface area contributed by atoms with Crippen molar-refractivity contribution in [2.45, 2.75) is 51.7 Å². The fraction of sp³-hybridized carbons (Fsp3) is 0.220. The van der Waals surface area contributed by atoms with Crippen LogP contribution in [0, 0.1) is 34.0 Å². The molecule has 2 heterocycles. The van der Waals surface area contributed by atoms with Gasteiger partial charge in [-0.3, -0.25) is 0 Å². The summed E-state index contributed by atoms with van der Waals surface area (Å²) in [5.41, 5.74) is 5.40. The van der Waals surface area contributed by atoms with Crippen molar-refractivity contribution in [3.63, 3.8) is 0 Å². The van der Waals surface area contributed by atoms with Gasteiger partial charge in [0.05, 0.1) is 0 Å². The Kier molecular flexibility index (Phi) is 14.1. The number of anilines is 1. The van der Waals surface area contributed by atoms with Crippen molar-refractivity contribution in [3.05, 3.63) is 170 Å². The normalized spacial score (nSPS) is 14.9. The smallest absolute Gasteiger partial charge is 0.172 e. The summed E-state index contributed by atoms with van der Waals surface area (Å²) in [5.74, 6) is 0.788. The molecule has 0 bridgehead atoms. The maximum absolute atomic E-state index is 10.4. The molecule has 58 heavy (non-hydrogen) atoms. The lowest BCUT2D eigenvalue weighted by Gasteiger charge is -2.27. The number of unbranched alkanes of at least 4 members (excludes halogenated alkanes) is 2. The van der Waals surface area contributed by atoms with Crippen LogP contribution >= 0.6 is 11.3 Å². The van der Waals surface area contributed by atoms with E-state index in [4.69, 9.17) is 9.47 Å². The van der Waals surface area contributed by atoms with Gasteiger partial charge in [-0.25, -0.2) is 0 Å². The van der Waals surface area contributed by atoms with Gasteiger partial charge < -0.3 is 19.5 Å². The first kappa shape index (κ1) is 41.0. The monoisotopic (exact) mass is 782 g/mol. The molecular weight excluding hydrogens is 737 g/mol. The van der Waals surface area contributed by atoms with E-state index in [2.05, 4.69) is 60.4 Å². The summed E-state index contributed by atoms with van der Waals surface area (Å²) in [6, 6.07) is 44.6. The number of thiophene rings is 1.